The number of carbonyl (C=O) groups is 1. The second-order valence-electron chi connectivity index (χ2n) is 9.10. The number of piperidine rings is 1. The van der Waals surface area contributed by atoms with Gasteiger partial charge < -0.3 is 19.9 Å². The molecule has 1 aliphatic carbocycles. The number of rotatable bonds is 5. The number of carbonyl (C=O) groups excluding carboxylic acids is 1. The summed E-state index contributed by atoms with van der Waals surface area (Å²) < 4.78 is 16.0. The minimum atomic E-state index is -0.511. The van der Waals surface area contributed by atoms with Crippen LogP contribution in [0.5, 0.6) is 0 Å². The molecule has 0 atom stereocenters. The van der Waals surface area contributed by atoms with Gasteiger partial charge in [-0.3, -0.25) is 9.78 Å². The second kappa shape index (κ2) is 8.28. The van der Waals surface area contributed by atoms with E-state index in [0.717, 1.165) is 31.7 Å². The molecule has 1 amide bonds. The Morgan fingerprint density at radius 1 is 1.03 bits per heavy atom. The first kappa shape index (κ1) is 20.9. The molecule has 2 fully saturated rings. The molecule has 174 valence electrons. The molecule has 2 N–H and O–H groups in total. The van der Waals surface area contributed by atoms with Gasteiger partial charge in [0.25, 0.3) is 5.91 Å². The molecule has 0 bridgehead atoms. The Morgan fingerprint density at radius 3 is 2.53 bits per heavy atom. The summed E-state index contributed by atoms with van der Waals surface area (Å²) in [5.41, 5.74) is 2.59. The normalized spacial score (nSPS) is 16.9. The Labute approximate surface area is 195 Å². The fourth-order valence-electron chi connectivity index (χ4n) is 4.63. The van der Waals surface area contributed by atoms with E-state index in [-0.39, 0.29) is 5.65 Å². The number of aromatic nitrogens is 5. The predicted molar refractivity (Wildman–Crippen MR) is 127 cm³/mol. The number of halogens is 1. The molecular formula is C24H25FN8O. The summed E-state index contributed by atoms with van der Waals surface area (Å²) in [4.78, 5) is 33.1. The van der Waals surface area contributed by atoms with Crippen molar-refractivity contribution in [1.82, 2.24) is 29.7 Å². The lowest BCUT2D eigenvalue weighted by Gasteiger charge is -2.33. The number of amides is 1. The molecule has 6 rings (SSSR count). The molecule has 0 unspecified atom stereocenters. The first-order chi connectivity index (χ1) is 16.5. The van der Waals surface area contributed by atoms with Crippen LogP contribution in [0.2, 0.25) is 0 Å². The van der Waals surface area contributed by atoms with Gasteiger partial charge in [-0.2, -0.15) is 0 Å². The van der Waals surface area contributed by atoms with E-state index in [1.165, 1.54) is 25.1 Å². The number of fused-ring (bicyclic) bond motifs is 2. The molecule has 1 saturated carbocycles. The molecule has 10 heteroatoms. The first-order valence-electron chi connectivity index (χ1n) is 11.6. The van der Waals surface area contributed by atoms with Crippen LogP contribution in [0.4, 0.5) is 15.9 Å². The van der Waals surface area contributed by atoms with Gasteiger partial charge in [-0.1, -0.05) is 0 Å². The van der Waals surface area contributed by atoms with Crippen LogP contribution in [0.25, 0.3) is 16.7 Å². The van der Waals surface area contributed by atoms with Gasteiger partial charge in [0.05, 0.1) is 16.9 Å². The molecule has 0 spiro atoms. The first-order valence-corrected chi connectivity index (χ1v) is 11.6. The molecule has 2 aliphatic rings. The molecule has 5 heterocycles. The smallest absolute Gasteiger partial charge is 0.259 e. The summed E-state index contributed by atoms with van der Waals surface area (Å²) in [5.74, 6) is -0.193. The molecule has 1 saturated heterocycles. The minimum Gasteiger partial charge on any atom is -0.355 e. The zero-order valence-electron chi connectivity index (χ0n) is 18.8. The number of nitrogens with one attached hydrogen (secondary N) is 2. The van der Waals surface area contributed by atoms with Crippen molar-refractivity contribution in [3.05, 3.63) is 54.1 Å². The van der Waals surface area contributed by atoms with E-state index in [1.807, 2.05) is 0 Å². The third-order valence-corrected chi connectivity index (χ3v) is 6.45. The summed E-state index contributed by atoms with van der Waals surface area (Å²) in [7, 11) is 0. The minimum absolute atomic E-state index is 0.217. The zero-order chi connectivity index (χ0) is 23.2. The Kier molecular flexibility index (Phi) is 5.09. The molecule has 9 nitrogen and oxygen atoms in total. The van der Waals surface area contributed by atoms with Gasteiger partial charge in [0.2, 0.25) is 0 Å². The maximum Gasteiger partial charge on any atom is 0.259 e. The maximum atomic E-state index is 14.4. The van der Waals surface area contributed by atoms with E-state index in [0.29, 0.717) is 40.1 Å². The third kappa shape index (κ3) is 3.94. The zero-order valence-corrected chi connectivity index (χ0v) is 18.8. The highest BCUT2D eigenvalue weighted by atomic mass is 19.1. The maximum absolute atomic E-state index is 14.4. The molecule has 0 aromatic carbocycles. The number of hydrogen-bond donors (Lipinski definition) is 2. The van der Waals surface area contributed by atoms with E-state index >= 15 is 0 Å². The van der Waals surface area contributed by atoms with E-state index in [4.69, 9.17) is 0 Å². The number of nitrogens with zero attached hydrogens (tertiary/aromatic N) is 6. The van der Waals surface area contributed by atoms with Crippen molar-refractivity contribution >= 4 is 34.1 Å². The van der Waals surface area contributed by atoms with Crippen molar-refractivity contribution in [1.29, 1.82) is 0 Å². The van der Waals surface area contributed by atoms with Crippen molar-refractivity contribution in [3.63, 3.8) is 0 Å². The average Bonchev–Trinajstić information content (AvgIpc) is 3.57. The Hall–Kier alpha value is -3.66. The highest BCUT2D eigenvalue weighted by Gasteiger charge is 2.28. The molecule has 34 heavy (non-hydrogen) atoms. The van der Waals surface area contributed by atoms with Crippen LogP contribution >= 0.6 is 0 Å². The van der Waals surface area contributed by atoms with Gasteiger partial charge in [0.1, 0.15) is 11.0 Å². The van der Waals surface area contributed by atoms with E-state index < -0.39 is 11.7 Å². The fraction of sp³-hybridized carbons (Fsp3) is 0.375. The average molecular weight is 461 g/mol. The van der Waals surface area contributed by atoms with Crippen molar-refractivity contribution in [2.45, 2.75) is 44.7 Å². The summed E-state index contributed by atoms with van der Waals surface area (Å²) in [5, 5.41) is 6.47. The number of aryl methyl sites for hydroxylation is 1. The molecule has 1 aliphatic heterocycles. The molecule has 4 aromatic rings. The lowest BCUT2D eigenvalue weighted by molar-refractivity contribution is 0.102. The van der Waals surface area contributed by atoms with Crippen molar-refractivity contribution < 1.29 is 9.18 Å². The second-order valence-corrected chi connectivity index (χ2v) is 9.10. The van der Waals surface area contributed by atoms with Gasteiger partial charge in [-0.15, -0.1) is 0 Å². The molecule has 0 radical (unpaired) electrons. The lowest BCUT2D eigenvalue weighted by atomic mass is 10.0. The van der Waals surface area contributed by atoms with Gasteiger partial charge in [-0.25, -0.2) is 19.3 Å². The van der Waals surface area contributed by atoms with Crippen LogP contribution in [0, 0.1) is 12.7 Å². The molecule has 4 aromatic heterocycles. The summed E-state index contributed by atoms with van der Waals surface area (Å²) in [6.45, 7) is 3.53. The topological polar surface area (TPSA) is 100 Å². The largest absolute Gasteiger partial charge is 0.355 e. The van der Waals surface area contributed by atoms with E-state index in [9.17, 15) is 9.18 Å². The van der Waals surface area contributed by atoms with Crippen molar-refractivity contribution in [2.75, 3.05) is 23.3 Å². The Bertz CT molecular complexity index is 1390. The van der Waals surface area contributed by atoms with Crippen LogP contribution in [0.1, 0.15) is 41.7 Å². The van der Waals surface area contributed by atoms with Gasteiger partial charge in [-0.05, 0) is 32.6 Å². The highest BCUT2D eigenvalue weighted by molar-refractivity contribution is 6.12. The SMILES string of the molecule is Cc1cn2cc(NC(=O)c3cnc(N4CCC(NC5CC5)CC4)c4nccnc34)cc(F)c2n1. The van der Waals surface area contributed by atoms with Crippen LogP contribution in [-0.2, 0) is 0 Å². The number of pyridine rings is 2. The Morgan fingerprint density at radius 2 is 1.76 bits per heavy atom. The summed E-state index contributed by atoms with van der Waals surface area (Å²) in [6, 6.07) is 2.50. The number of anilines is 2. The molecular weight excluding hydrogens is 435 g/mol. The van der Waals surface area contributed by atoms with Crippen LogP contribution < -0.4 is 15.5 Å². The lowest BCUT2D eigenvalue weighted by Crippen LogP contribution is -2.43. The van der Waals surface area contributed by atoms with E-state index in [2.05, 4.69) is 35.5 Å². The number of imidazole rings is 1. The summed E-state index contributed by atoms with van der Waals surface area (Å²) in [6.07, 6.45) is 12.7. The standard InChI is InChI=1S/C24H25FN8O/c1-14-12-33-13-17(10-19(25)22(33)29-14)31-24(34)18-11-28-23(21-20(18)26-6-7-27-21)32-8-4-16(5-9-32)30-15-2-3-15/h6-7,10-13,15-16,30H,2-5,8-9H2,1H3,(H,31,34). The number of hydrogen-bond acceptors (Lipinski definition) is 7. The predicted octanol–water partition coefficient (Wildman–Crippen LogP) is 3.09. The van der Waals surface area contributed by atoms with Crippen LogP contribution in [0.3, 0.4) is 0 Å². The van der Waals surface area contributed by atoms with Crippen molar-refractivity contribution in [2.24, 2.45) is 0 Å². The third-order valence-electron chi connectivity index (χ3n) is 6.45. The van der Waals surface area contributed by atoms with Gasteiger partial charge >= 0.3 is 0 Å². The van der Waals surface area contributed by atoms with Crippen LogP contribution in [-0.4, -0.2) is 55.4 Å². The van der Waals surface area contributed by atoms with Crippen molar-refractivity contribution in [3.8, 4) is 0 Å². The highest BCUT2D eigenvalue weighted by Crippen LogP contribution is 2.28. The summed E-state index contributed by atoms with van der Waals surface area (Å²) >= 11 is 0. The van der Waals surface area contributed by atoms with Gasteiger partial charge in [0.15, 0.2) is 17.3 Å². The van der Waals surface area contributed by atoms with Gasteiger partial charge in [0, 0.05) is 62.2 Å². The quantitative estimate of drug-likeness (QED) is 0.472. The monoisotopic (exact) mass is 460 g/mol. The fourth-order valence-corrected chi connectivity index (χ4v) is 4.63. The van der Waals surface area contributed by atoms with Crippen LogP contribution in [0.15, 0.2) is 37.1 Å². The Balaban J connectivity index is 1.26. The van der Waals surface area contributed by atoms with E-state index in [1.54, 1.807) is 36.1 Å².